The van der Waals surface area contributed by atoms with Gasteiger partial charge in [0.25, 0.3) is 0 Å². The van der Waals surface area contributed by atoms with E-state index in [2.05, 4.69) is 9.98 Å². The number of nitrogens with two attached hydrogens (primary N) is 2. The van der Waals surface area contributed by atoms with Crippen molar-refractivity contribution in [3.63, 3.8) is 0 Å². The van der Waals surface area contributed by atoms with E-state index >= 15 is 0 Å². The summed E-state index contributed by atoms with van der Waals surface area (Å²) in [6.07, 6.45) is 0. The topological polar surface area (TPSA) is 95.2 Å². The van der Waals surface area contributed by atoms with Crippen molar-refractivity contribution in [3.8, 4) is 11.5 Å². The summed E-state index contributed by atoms with van der Waals surface area (Å²) in [5, 5.41) is 1.98. The summed E-state index contributed by atoms with van der Waals surface area (Å²) < 4.78 is 12.5. The van der Waals surface area contributed by atoms with Gasteiger partial charge < -0.3 is 20.9 Å². The predicted octanol–water partition coefficient (Wildman–Crippen LogP) is 6.23. The molecule has 0 aliphatic rings. The molecule has 0 aliphatic heterocycles. The van der Waals surface area contributed by atoms with Crippen molar-refractivity contribution in [1.29, 1.82) is 0 Å². The van der Waals surface area contributed by atoms with Gasteiger partial charge in [0.15, 0.2) is 0 Å². The second-order valence-electron chi connectivity index (χ2n) is 9.80. The van der Waals surface area contributed by atoms with Crippen LogP contribution >= 0.6 is 0 Å². The van der Waals surface area contributed by atoms with E-state index in [-0.39, 0.29) is 12.1 Å². The standard InChI is InChI=1S/C32H36N4O2/c1-21(2)35-31(33)25-11-5-9-23(17-25)19-37-29-15-7-14-28-27(29)13-8-16-30(28)38-20-24-10-6-12-26(18-24)32(34)36-22(3)4/h5-18,21-22H,19-20H2,1-4H3,(H2,33,35)(H2,34,36). The SMILES string of the molecule is CC(C)N=C(N)c1cccc(COc2cccc3c(OCc4cccc(C(N)=NC(C)C)c4)cccc23)c1. The summed E-state index contributed by atoms with van der Waals surface area (Å²) in [6.45, 7) is 8.86. The third-order valence-electron chi connectivity index (χ3n) is 5.87. The second-order valence-corrected chi connectivity index (χ2v) is 9.80. The highest BCUT2D eigenvalue weighted by Crippen LogP contribution is 2.33. The van der Waals surface area contributed by atoms with Gasteiger partial charge in [-0.15, -0.1) is 0 Å². The van der Waals surface area contributed by atoms with Crippen molar-refractivity contribution in [2.75, 3.05) is 0 Å². The molecule has 0 atom stereocenters. The van der Waals surface area contributed by atoms with Crippen molar-refractivity contribution < 1.29 is 9.47 Å². The number of hydrogen-bond acceptors (Lipinski definition) is 4. The zero-order valence-electron chi connectivity index (χ0n) is 22.5. The molecule has 0 saturated carbocycles. The van der Waals surface area contributed by atoms with E-state index in [4.69, 9.17) is 20.9 Å². The largest absolute Gasteiger partial charge is 0.488 e. The number of aliphatic imine (C=N–C) groups is 2. The Kier molecular flexibility index (Phi) is 8.64. The Morgan fingerprint density at radius 1 is 0.605 bits per heavy atom. The number of nitrogens with zero attached hydrogens (tertiary/aromatic N) is 2. The fourth-order valence-corrected chi connectivity index (χ4v) is 4.17. The lowest BCUT2D eigenvalue weighted by Gasteiger charge is -2.14. The van der Waals surface area contributed by atoms with Crippen LogP contribution in [0.25, 0.3) is 10.8 Å². The number of benzene rings is 4. The molecule has 196 valence electrons. The predicted molar refractivity (Wildman–Crippen MR) is 157 cm³/mol. The Bertz CT molecular complexity index is 1350. The Morgan fingerprint density at radius 2 is 1.00 bits per heavy atom. The van der Waals surface area contributed by atoms with Crippen LogP contribution in [-0.2, 0) is 13.2 Å². The van der Waals surface area contributed by atoms with Crippen molar-refractivity contribution in [2.24, 2.45) is 21.5 Å². The molecule has 4 rings (SSSR count). The van der Waals surface area contributed by atoms with Crippen LogP contribution < -0.4 is 20.9 Å². The maximum atomic E-state index is 6.25. The van der Waals surface area contributed by atoms with E-state index < -0.39 is 0 Å². The monoisotopic (exact) mass is 508 g/mol. The molecule has 4 aromatic rings. The van der Waals surface area contributed by atoms with Gasteiger partial charge in [0.05, 0.1) is 0 Å². The molecule has 0 aliphatic carbocycles. The van der Waals surface area contributed by atoms with Gasteiger partial charge in [-0.1, -0.05) is 60.7 Å². The van der Waals surface area contributed by atoms with Crippen LogP contribution in [0.3, 0.4) is 0 Å². The minimum atomic E-state index is 0.141. The first kappa shape index (κ1) is 26.7. The minimum absolute atomic E-state index is 0.141. The van der Waals surface area contributed by atoms with Crippen molar-refractivity contribution in [2.45, 2.75) is 53.0 Å². The fourth-order valence-electron chi connectivity index (χ4n) is 4.17. The van der Waals surface area contributed by atoms with Crippen LogP contribution in [0.1, 0.15) is 49.9 Å². The quantitative estimate of drug-likeness (QED) is 0.196. The van der Waals surface area contributed by atoms with Crippen LogP contribution in [0.4, 0.5) is 0 Å². The summed E-state index contributed by atoms with van der Waals surface area (Å²) in [6, 6.07) is 28.3. The molecule has 0 saturated heterocycles. The average Bonchev–Trinajstić information content (AvgIpc) is 2.90. The molecule has 0 amide bonds. The lowest BCUT2D eigenvalue weighted by Crippen LogP contribution is -2.16. The molecule has 0 bridgehead atoms. The number of fused-ring (bicyclic) bond motifs is 1. The Labute approximate surface area is 225 Å². The minimum Gasteiger partial charge on any atom is -0.488 e. The van der Waals surface area contributed by atoms with Gasteiger partial charge in [-0.2, -0.15) is 0 Å². The third-order valence-corrected chi connectivity index (χ3v) is 5.87. The van der Waals surface area contributed by atoms with E-state index in [0.29, 0.717) is 24.9 Å². The molecule has 38 heavy (non-hydrogen) atoms. The molecule has 0 fully saturated rings. The highest BCUT2D eigenvalue weighted by molar-refractivity contribution is 5.98. The maximum absolute atomic E-state index is 6.25. The first-order valence-corrected chi connectivity index (χ1v) is 12.9. The summed E-state index contributed by atoms with van der Waals surface area (Å²) >= 11 is 0. The van der Waals surface area contributed by atoms with Crippen LogP contribution in [0.15, 0.2) is 94.9 Å². The molecule has 0 aromatic heterocycles. The van der Waals surface area contributed by atoms with Crippen molar-refractivity contribution in [3.05, 3.63) is 107 Å². The Balaban J connectivity index is 1.50. The lowest BCUT2D eigenvalue weighted by atomic mass is 10.1. The van der Waals surface area contributed by atoms with E-state index in [1.165, 1.54) is 0 Å². The van der Waals surface area contributed by atoms with Gasteiger partial charge >= 0.3 is 0 Å². The van der Waals surface area contributed by atoms with Gasteiger partial charge in [-0.3, -0.25) is 9.98 Å². The molecular weight excluding hydrogens is 472 g/mol. The van der Waals surface area contributed by atoms with E-state index in [1.807, 2.05) is 113 Å². The van der Waals surface area contributed by atoms with E-state index in [0.717, 1.165) is 44.5 Å². The van der Waals surface area contributed by atoms with E-state index in [1.54, 1.807) is 0 Å². The molecular formula is C32H36N4O2. The zero-order valence-corrected chi connectivity index (χ0v) is 22.5. The van der Waals surface area contributed by atoms with Crippen LogP contribution in [0, 0.1) is 0 Å². The van der Waals surface area contributed by atoms with Gasteiger partial charge in [0.2, 0.25) is 0 Å². The number of hydrogen-bond donors (Lipinski definition) is 2. The molecule has 0 heterocycles. The summed E-state index contributed by atoms with van der Waals surface area (Å²) in [5.41, 5.74) is 16.2. The Morgan fingerprint density at radius 3 is 1.39 bits per heavy atom. The molecule has 0 radical (unpaired) electrons. The first-order chi connectivity index (χ1) is 18.3. The highest BCUT2D eigenvalue weighted by Gasteiger charge is 2.09. The van der Waals surface area contributed by atoms with Gasteiger partial charge in [0, 0.05) is 34.0 Å². The van der Waals surface area contributed by atoms with Gasteiger partial charge in [0.1, 0.15) is 36.4 Å². The molecule has 0 unspecified atom stereocenters. The molecule has 6 nitrogen and oxygen atoms in total. The van der Waals surface area contributed by atoms with Crippen molar-refractivity contribution in [1.82, 2.24) is 0 Å². The normalized spacial score (nSPS) is 12.4. The smallest absolute Gasteiger partial charge is 0.127 e. The number of amidine groups is 2. The second kappa shape index (κ2) is 12.3. The van der Waals surface area contributed by atoms with Crippen LogP contribution in [0.5, 0.6) is 11.5 Å². The van der Waals surface area contributed by atoms with Crippen LogP contribution in [0.2, 0.25) is 0 Å². The summed E-state index contributed by atoms with van der Waals surface area (Å²) in [4.78, 5) is 8.90. The highest BCUT2D eigenvalue weighted by atomic mass is 16.5. The maximum Gasteiger partial charge on any atom is 0.127 e. The van der Waals surface area contributed by atoms with Gasteiger partial charge in [-0.25, -0.2) is 0 Å². The third kappa shape index (κ3) is 6.91. The van der Waals surface area contributed by atoms with Crippen molar-refractivity contribution >= 4 is 22.4 Å². The number of rotatable bonds is 10. The average molecular weight is 509 g/mol. The summed E-state index contributed by atoms with van der Waals surface area (Å²) in [7, 11) is 0. The fraction of sp³-hybridized carbons (Fsp3) is 0.250. The summed E-state index contributed by atoms with van der Waals surface area (Å²) in [5.74, 6) is 2.66. The van der Waals surface area contributed by atoms with Crippen LogP contribution in [-0.4, -0.2) is 23.8 Å². The Hall–Kier alpha value is -4.32. The molecule has 6 heteroatoms. The zero-order chi connectivity index (χ0) is 27.1. The first-order valence-electron chi connectivity index (χ1n) is 12.9. The van der Waals surface area contributed by atoms with Gasteiger partial charge in [-0.05, 0) is 63.1 Å². The van der Waals surface area contributed by atoms with E-state index in [9.17, 15) is 0 Å². The number of ether oxygens (including phenoxy) is 2. The molecule has 4 N–H and O–H groups in total. The molecule has 4 aromatic carbocycles. The lowest BCUT2D eigenvalue weighted by molar-refractivity contribution is 0.306. The molecule has 0 spiro atoms.